The van der Waals surface area contributed by atoms with Crippen LogP contribution in [0.2, 0.25) is 0 Å². The van der Waals surface area contributed by atoms with Crippen LogP contribution in [0.1, 0.15) is 24.8 Å². The number of benzene rings is 1. The minimum Gasteiger partial charge on any atom is -0.309 e. The number of nitrogens with zero attached hydrogens (tertiary/aromatic N) is 1. The van der Waals surface area contributed by atoms with Gasteiger partial charge in [0, 0.05) is 12.6 Å². The van der Waals surface area contributed by atoms with E-state index in [2.05, 4.69) is 11.4 Å². The van der Waals surface area contributed by atoms with E-state index in [0.717, 1.165) is 24.8 Å². The van der Waals surface area contributed by atoms with E-state index in [4.69, 9.17) is 5.26 Å². The molecule has 1 aromatic carbocycles. The Morgan fingerprint density at radius 3 is 3.06 bits per heavy atom. The number of halogens is 1. The van der Waals surface area contributed by atoms with Crippen molar-refractivity contribution in [3.63, 3.8) is 0 Å². The maximum atomic E-state index is 12.9. The third-order valence-electron chi connectivity index (χ3n) is 3.14. The summed E-state index contributed by atoms with van der Waals surface area (Å²) in [5.41, 5.74) is 0.934. The van der Waals surface area contributed by atoms with Crippen LogP contribution in [0.25, 0.3) is 0 Å². The van der Waals surface area contributed by atoms with Gasteiger partial charge in [-0.2, -0.15) is 5.26 Å². The second-order valence-corrected chi connectivity index (χ2v) is 4.28. The summed E-state index contributed by atoms with van der Waals surface area (Å²) in [5, 5.41) is 12.3. The SMILES string of the molecule is N#CC1CCCC1NCc1cccc(F)c1. The number of rotatable bonds is 3. The molecule has 2 atom stereocenters. The molecule has 2 unspecified atom stereocenters. The van der Waals surface area contributed by atoms with Gasteiger partial charge in [-0.3, -0.25) is 0 Å². The number of nitrogens with one attached hydrogen (secondary N) is 1. The van der Waals surface area contributed by atoms with Crippen LogP contribution in [0.3, 0.4) is 0 Å². The average molecular weight is 218 g/mol. The highest BCUT2D eigenvalue weighted by Crippen LogP contribution is 2.25. The number of hydrogen-bond donors (Lipinski definition) is 1. The Labute approximate surface area is 95.1 Å². The molecule has 84 valence electrons. The molecule has 0 spiro atoms. The standard InChI is InChI=1S/C13H15FN2/c14-12-5-1-3-10(7-12)9-16-13-6-2-4-11(13)8-15/h1,3,5,7,11,13,16H,2,4,6,9H2. The average Bonchev–Trinajstić information content (AvgIpc) is 2.74. The fourth-order valence-corrected chi connectivity index (χ4v) is 2.25. The molecule has 0 heterocycles. The molecule has 0 aromatic heterocycles. The summed E-state index contributed by atoms with van der Waals surface area (Å²) < 4.78 is 12.9. The highest BCUT2D eigenvalue weighted by molar-refractivity contribution is 5.16. The van der Waals surface area contributed by atoms with Crippen LogP contribution >= 0.6 is 0 Å². The van der Waals surface area contributed by atoms with Crippen molar-refractivity contribution in [3.8, 4) is 6.07 Å². The van der Waals surface area contributed by atoms with Crippen molar-refractivity contribution in [2.75, 3.05) is 0 Å². The topological polar surface area (TPSA) is 35.8 Å². The van der Waals surface area contributed by atoms with Crippen LogP contribution in [0.5, 0.6) is 0 Å². The van der Waals surface area contributed by atoms with Gasteiger partial charge >= 0.3 is 0 Å². The van der Waals surface area contributed by atoms with Crippen molar-refractivity contribution in [2.24, 2.45) is 5.92 Å². The molecule has 0 radical (unpaired) electrons. The van der Waals surface area contributed by atoms with Crippen molar-refractivity contribution < 1.29 is 4.39 Å². The van der Waals surface area contributed by atoms with Gasteiger partial charge in [-0.15, -0.1) is 0 Å². The lowest BCUT2D eigenvalue weighted by Crippen LogP contribution is -2.31. The van der Waals surface area contributed by atoms with E-state index >= 15 is 0 Å². The molecule has 2 rings (SSSR count). The Morgan fingerprint density at radius 1 is 1.44 bits per heavy atom. The smallest absolute Gasteiger partial charge is 0.123 e. The molecule has 3 heteroatoms. The van der Waals surface area contributed by atoms with E-state index in [1.807, 2.05) is 6.07 Å². The van der Waals surface area contributed by atoms with Crippen LogP contribution < -0.4 is 5.32 Å². The van der Waals surface area contributed by atoms with Gasteiger partial charge in [-0.1, -0.05) is 18.6 Å². The molecule has 0 saturated heterocycles. The van der Waals surface area contributed by atoms with Crippen molar-refractivity contribution >= 4 is 0 Å². The van der Waals surface area contributed by atoms with Crippen molar-refractivity contribution in [2.45, 2.75) is 31.8 Å². The maximum Gasteiger partial charge on any atom is 0.123 e. The van der Waals surface area contributed by atoms with E-state index in [0.29, 0.717) is 6.54 Å². The zero-order chi connectivity index (χ0) is 11.4. The summed E-state index contributed by atoms with van der Waals surface area (Å²) in [7, 11) is 0. The molecule has 2 nitrogen and oxygen atoms in total. The molecule has 1 aliphatic carbocycles. The highest BCUT2D eigenvalue weighted by Gasteiger charge is 2.26. The molecule has 1 aromatic rings. The van der Waals surface area contributed by atoms with Crippen LogP contribution in [-0.4, -0.2) is 6.04 Å². The van der Waals surface area contributed by atoms with Gasteiger partial charge in [0.2, 0.25) is 0 Å². The summed E-state index contributed by atoms with van der Waals surface area (Å²) in [6, 6.07) is 9.18. The summed E-state index contributed by atoms with van der Waals surface area (Å²) in [4.78, 5) is 0. The monoisotopic (exact) mass is 218 g/mol. The molecule has 1 saturated carbocycles. The lowest BCUT2D eigenvalue weighted by atomic mass is 10.1. The Morgan fingerprint density at radius 2 is 2.31 bits per heavy atom. The third kappa shape index (κ3) is 2.59. The maximum absolute atomic E-state index is 12.9. The lowest BCUT2D eigenvalue weighted by molar-refractivity contribution is 0.463. The predicted molar refractivity (Wildman–Crippen MR) is 60.0 cm³/mol. The summed E-state index contributed by atoms with van der Waals surface area (Å²) in [5.74, 6) is -0.0869. The number of hydrogen-bond acceptors (Lipinski definition) is 2. The van der Waals surface area contributed by atoms with Gasteiger partial charge < -0.3 is 5.32 Å². The van der Waals surface area contributed by atoms with E-state index in [1.54, 1.807) is 6.07 Å². The Kier molecular flexibility index (Phi) is 3.53. The zero-order valence-corrected chi connectivity index (χ0v) is 9.12. The number of nitriles is 1. The summed E-state index contributed by atoms with van der Waals surface area (Å²) in [6.45, 7) is 0.639. The molecule has 1 N–H and O–H groups in total. The molecular weight excluding hydrogens is 203 g/mol. The molecule has 0 aliphatic heterocycles. The van der Waals surface area contributed by atoms with Gasteiger partial charge in [0.25, 0.3) is 0 Å². The second-order valence-electron chi connectivity index (χ2n) is 4.28. The minimum atomic E-state index is -0.206. The molecule has 0 amide bonds. The van der Waals surface area contributed by atoms with Gasteiger partial charge in [-0.25, -0.2) is 4.39 Å². The zero-order valence-electron chi connectivity index (χ0n) is 9.12. The van der Waals surface area contributed by atoms with Gasteiger partial charge in [-0.05, 0) is 30.5 Å². The molecule has 0 bridgehead atoms. The molecular formula is C13H15FN2. The van der Waals surface area contributed by atoms with Crippen molar-refractivity contribution in [3.05, 3.63) is 35.6 Å². The fraction of sp³-hybridized carbons (Fsp3) is 0.462. The quantitative estimate of drug-likeness (QED) is 0.846. The van der Waals surface area contributed by atoms with Crippen molar-refractivity contribution in [1.29, 1.82) is 5.26 Å². The predicted octanol–water partition coefficient (Wildman–Crippen LogP) is 2.61. The van der Waals surface area contributed by atoms with Gasteiger partial charge in [0.15, 0.2) is 0 Å². The Hall–Kier alpha value is -1.40. The van der Waals surface area contributed by atoms with Crippen LogP contribution in [0.4, 0.5) is 4.39 Å². The molecule has 1 fully saturated rings. The summed E-state index contributed by atoms with van der Waals surface area (Å²) >= 11 is 0. The molecule has 1 aliphatic rings. The highest BCUT2D eigenvalue weighted by atomic mass is 19.1. The van der Waals surface area contributed by atoms with Crippen LogP contribution in [-0.2, 0) is 6.54 Å². The lowest BCUT2D eigenvalue weighted by Gasteiger charge is -2.15. The van der Waals surface area contributed by atoms with E-state index in [-0.39, 0.29) is 17.8 Å². The normalized spacial score (nSPS) is 24.2. The van der Waals surface area contributed by atoms with Crippen LogP contribution in [0, 0.1) is 23.1 Å². The summed E-state index contributed by atoms with van der Waals surface area (Å²) in [6.07, 6.45) is 3.14. The first-order chi connectivity index (χ1) is 7.79. The van der Waals surface area contributed by atoms with Gasteiger partial charge in [0.05, 0.1) is 12.0 Å². The first-order valence-corrected chi connectivity index (χ1v) is 5.67. The fourth-order valence-electron chi connectivity index (χ4n) is 2.25. The largest absolute Gasteiger partial charge is 0.309 e. The van der Waals surface area contributed by atoms with E-state index in [9.17, 15) is 4.39 Å². The minimum absolute atomic E-state index is 0.119. The first-order valence-electron chi connectivity index (χ1n) is 5.67. The van der Waals surface area contributed by atoms with E-state index in [1.165, 1.54) is 12.1 Å². The molecule has 16 heavy (non-hydrogen) atoms. The third-order valence-corrected chi connectivity index (χ3v) is 3.14. The van der Waals surface area contributed by atoms with Crippen LogP contribution in [0.15, 0.2) is 24.3 Å². The van der Waals surface area contributed by atoms with E-state index < -0.39 is 0 Å². The Bertz CT molecular complexity index is 397. The Balaban J connectivity index is 1.90. The van der Waals surface area contributed by atoms with Gasteiger partial charge in [0.1, 0.15) is 5.82 Å². The second kappa shape index (κ2) is 5.09. The first kappa shape index (κ1) is 11.1. The van der Waals surface area contributed by atoms with Crippen molar-refractivity contribution in [1.82, 2.24) is 5.32 Å².